The summed E-state index contributed by atoms with van der Waals surface area (Å²) in [5, 5.41) is 15.0. The molecule has 4 aromatic rings. The molecular weight excluding hydrogens is 454 g/mol. The van der Waals surface area contributed by atoms with E-state index < -0.39 is 0 Å². The molecule has 1 amide bonds. The smallest absolute Gasteiger partial charge is 0.258 e. The molecule has 0 aliphatic rings. The molecule has 0 saturated carbocycles. The fourth-order valence-corrected chi connectivity index (χ4v) is 3.63. The molecular formula is C19H14BrN7OS. The molecule has 0 fully saturated rings. The van der Waals surface area contributed by atoms with Crippen molar-refractivity contribution in [2.24, 2.45) is 7.05 Å². The molecule has 2 aromatic heterocycles. The maximum atomic E-state index is 12.7. The first-order valence-electron chi connectivity index (χ1n) is 8.49. The van der Waals surface area contributed by atoms with Gasteiger partial charge >= 0.3 is 0 Å². The van der Waals surface area contributed by atoms with Crippen LogP contribution in [0.3, 0.4) is 0 Å². The Morgan fingerprint density at radius 1 is 1.10 bits per heavy atom. The van der Waals surface area contributed by atoms with Gasteiger partial charge in [0, 0.05) is 34.4 Å². The molecule has 4 rings (SSSR count). The zero-order chi connectivity index (χ0) is 20.2. The molecule has 2 heterocycles. The van der Waals surface area contributed by atoms with Gasteiger partial charge in [-0.3, -0.25) is 4.79 Å². The Labute approximate surface area is 178 Å². The number of rotatable bonds is 5. The highest BCUT2D eigenvalue weighted by molar-refractivity contribution is 9.10. The number of tetrazole rings is 1. The second-order valence-corrected chi connectivity index (χ2v) is 7.87. The van der Waals surface area contributed by atoms with Crippen LogP contribution in [0.25, 0.3) is 11.4 Å². The van der Waals surface area contributed by atoms with E-state index in [1.165, 1.54) is 24.2 Å². The van der Waals surface area contributed by atoms with Gasteiger partial charge in [-0.15, -0.1) is 5.10 Å². The normalized spacial score (nSPS) is 10.7. The molecule has 29 heavy (non-hydrogen) atoms. The maximum absolute atomic E-state index is 12.7. The van der Waals surface area contributed by atoms with Crippen molar-refractivity contribution in [1.29, 1.82) is 0 Å². The lowest BCUT2D eigenvalue weighted by Crippen LogP contribution is -2.13. The minimum absolute atomic E-state index is 0.305. The van der Waals surface area contributed by atoms with Crippen LogP contribution in [0.2, 0.25) is 0 Å². The van der Waals surface area contributed by atoms with Gasteiger partial charge in [0.25, 0.3) is 5.91 Å². The van der Waals surface area contributed by atoms with Crippen LogP contribution < -0.4 is 5.32 Å². The first kappa shape index (κ1) is 19.2. The van der Waals surface area contributed by atoms with Crippen molar-refractivity contribution >= 4 is 39.3 Å². The highest BCUT2D eigenvalue weighted by Gasteiger charge is 2.14. The minimum atomic E-state index is -0.305. The van der Waals surface area contributed by atoms with Gasteiger partial charge in [0.2, 0.25) is 5.16 Å². The number of anilines is 1. The Balaban J connectivity index is 1.55. The van der Waals surface area contributed by atoms with Crippen molar-refractivity contribution in [3.05, 3.63) is 71.0 Å². The van der Waals surface area contributed by atoms with Crippen LogP contribution in [0.15, 0.2) is 75.4 Å². The summed E-state index contributed by atoms with van der Waals surface area (Å²) in [5.74, 6) is 0.260. The molecule has 0 aliphatic heterocycles. The zero-order valence-corrected chi connectivity index (χ0v) is 17.6. The number of benzene rings is 2. The summed E-state index contributed by atoms with van der Waals surface area (Å²) >= 11 is 4.79. The molecule has 0 aliphatic carbocycles. The fourth-order valence-electron chi connectivity index (χ4n) is 2.47. The molecule has 8 nitrogen and oxygen atoms in total. The van der Waals surface area contributed by atoms with Crippen molar-refractivity contribution in [2.75, 3.05) is 5.32 Å². The Hall–Kier alpha value is -3.11. The molecule has 0 saturated heterocycles. The summed E-state index contributed by atoms with van der Waals surface area (Å²) in [6.45, 7) is 0. The quantitative estimate of drug-likeness (QED) is 0.475. The topological polar surface area (TPSA) is 98.5 Å². The molecule has 0 spiro atoms. The summed E-state index contributed by atoms with van der Waals surface area (Å²) < 4.78 is 2.40. The summed E-state index contributed by atoms with van der Waals surface area (Å²) in [6, 6.07) is 15.2. The van der Waals surface area contributed by atoms with Gasteiger partial charge in [0.05, 0.1) is 11.3 Å². The molecule has 0 radical (unpaired) electrons. The van der Waals surface area contributed by atoms with Gasteiger partial charge < -0.3 is 5.32 Å². The number of hydrogen-bond acceptors (Lipinski definition) is 7. The van der Waals surface area contributed by atoms with E-state index in [1.54, 1.807) is 11.7 Å². The minimum Gasteiger partial charge on any atom is -0.321 e. The number of halogens is 1. The summed E-state index contributed by atoms with van der Waals surface area (Å²) in [7, 11) is 1.76. The Bertz CT molecular complexity index is 1150. The lowest BCUT2D eigenvalue weighted by molar-refractivity contribution is 0.102. The van der Waals surface area contributed by atoms with Gasteiger partial charge in [-0.1, -0.05) is 46.3 Å². The lowest BCUT2D eigenvalue weighted by Gasteiger charge is -2.11. The summed E-state index contributed by atoms with van der Waals surface area (Å²) in [4.78, 5) is 22.2. The number of hydrogen-bond donors (Lipinski definition) is 1. The standard InChI is InChI=1S/C19H14BrN7OS/c1-27-19(24-25-26-27)29-16-8-7-14(20)9-15(16)23-18(28)13-10-21-17(22-11-13)12-5-3-2-4-6-12/h2-11H,1H3,(H,23,28). The summed E-state index contributed by atoms with van der Waals surface area (Å²) in [6.07, 6.45) is 3.03. The van der Waals surface area contributed by atoms with Crippen LogP contribution in [0.1, 0.15) is 10.4 Å². The van der Waals surface area contributed by atoms with Crippen molar-refractivity contribution in [1.82, 2.24) is 30.2 Å². The van der Waals surface area contributed by atoms with Gasteiger partial charge in [0.15, 0.2) is 5.82 Å². The predicted molar refractivity (Wildman–Crippen MR) is 112 cm³/mol. The van der Waals surface area contributed by atoms with Crippen molar-refractivity contribution in [3.8, 4) is 11.4 Å². The third-order valence-corrected chi connectivity index (χ3v) is 5.52. The van der Waals surface area contributed by atoms with Crippen molar-refractivity contribution in [2.45, 2.75) is 10.1 Å². The molecule has 0 unspecified atom stereocenters. The van der Waals surface area contributed by atoms with Gasteiger partial charge in [-0.05, 0) is 40.4 Å². The maximum Gasteiger partial charge on any atom is 0.258 e. The largest absolute Gasteiger partial charge is 0.321 e. The Kier molecular flexibility index (Phi) is 5.63. The number of nitrogens with one attached hydrogen (secondary N) is 1. The van der Waals surface area contributed by atoms with E-state index in [4.69, 9.17) is 0 Å². The average molecular weight is 468 g/mol. The first-order chi connectivity index (χ1) is 14.1. The van der Waals surface area contributed by atoms with Crippen LogP contribution in [-0.4, -0.2) is 36.1 Å². The molecule has 0 atom stereocenters. The highest BCUT2D eigenvalue weighted by atomic mass is 79.9. The number of carbonyl (C=O) groups is 1. The van der Waals surface area contributed by atoms with Gasteiger partial charge in [0.1, 0.15) is 0 Å². The van der Waals surface area contributed by atoms with Crippen LogP contribution in [0.5, 0.6) is 0 Å². The predicted octanol–water partition coefficient (Wildman–Crippen LogP) is 3.83. The van der Waals surface area contributed by atoms with Crippen LogP contribution in [0.4, 0.5) is 5.69 Å². The number of aryl methyl sites for hydroxylation is 1. The Morgan fingerprint density at radius 2 is 1.86 bits per heavy atom. The number of aromatic nitrogens is 6. The highest BCUT2D eigenvalue weighted by Crippen LogP contribution is 2.34. The number of amides is 1. The fraction of sp³-hybridized carbons (Fsp3) is 0.0526. The van der Waals surface area contributed by atoms with Crippen molar-refractivity contribution in [3.63, 3.8) is 0 Å². The van der Waals surface area contributed by atoms with E-state index in [-0.39, 0.29) is 5.91 Å². The monoisotopic (exact) mass is 467 g/mol. The number of carbonyl (C=O) groups excluding carboxylic acids is 1. The van der Waals surface area contributed by atoms with E-state index in [0.717, 1.165) is 14.9 Å². The first-order valence-corrected chi connectivity index (χ1v) is 10.1. The third kappa shape index (κ3) is 4.49. The van der Waals surface area contributed by atoms with Crippen molar-refractivity contribution < 1.29 is 4.79 Å². The number of nitrogens with zero attached hydrogens (tertiary/aromatic N) is 6. The van der Waals surface area contributed by atoms with E-state index in [1.807, 2.05) is 48.5 Å². The van der Waals surface area contributed by atoms with E-state index in [2.05, 4.69) is 46.7 Å². The molecule has 2 aromatic carbocycles. The summed E-state index contributed by atoms with van der Waals surface area (Å²) in [5.41, 5.74) is 1.88. The van der Waals surface area contributed by atoms with Gasteiger partial charge in [-0.2, -0.15) is 0 Å². The van der Waals surface area contributed by atoms with Crippen LogP contribution >= 0.6 is 27.7 Å². The molecule has 1 N–H and O–H groups in total. The molecule has 0 bridgehead atoms. The second-order valence-electron chi connectivity index (χ2n) is 5.94. The third-order valence-electron chi connectivity index (χ3n) is 3.92. The van der Waals surface area contributed by atoms with E-state index in [9.17, 15) is 4.79 Å². The molecule has 10 heteroatoms. The lowest BCUT2D eigenvalue weighted by atomic mass is 10.2. The van der Waals surface area contributed by atoms with Gasteiger partial charge in [-0.25, -0.2) is 14.6 Å². The zero-order valence-electron chi connectivity index (χ0n) is 15.2. The van der Waals surface area contributed by atoms with E-state index >= 15 is 0 Å². The SMILES string of the molecule is Cn1nnnc1Sc1ccc(Br)cc1NC(=O)c1cnc(-c2ccccc2)nc1. The Morgan fingerprint density at radius 3 is 2.55 bits per heavy atom. The second kappa shape index (κ2) is 8.50. The van der Waals surface area contributed by atoms with Crippen LogP contribution in [-0.2, 0) is 7.05 Å². The molecule has 144 valence electrons. The van der Waals surface area contributed by atoms with Crippen LogP contribution in [0, 0.1) is 0 Å². The van der Waals surface area contributed by atoms with E-state index in [0.29, 0.717) is 22.2 Å². The average Bonchev–Trinajstić information content (AvgIpc) is 3.15.